The first-order valence-electron chi connectivity index (χ1n) is 3.80. The summed E-state index contributed by atoms with van der Waals surface area (Å²) in [5, 5.41) is 8.37. The van der Waals surface area contributed by atoms with E-state index in [4.69, 9.17) is 5.11 Å². The van der Waals surface area contributed by atoms with Crippen molar-refractivity contribution >= 4 is 27.8 Å². The molecule has 0 saturated carbocycles. The van der Waals surface area contributed by atoms with E-state index in [1.54, 1.807) is 11.8 Å². The molecule has 5 nitrogen and oxygen atoms in total. The number of carboxylic acid groups (broad SMARTS) is 1. The van der Waals surface area contributed by atoms with E-state index >= 15 is 0 Å². The van der Waals surface area contributed by atoms with Crippen molar-refractivity contribution in [2.75, 3.05) is 30.3 Å². The highest BCUT2D eigenvalue weighted by Crippen LogP contribution is 2.12. The van der Waals surface area contributed by atoms with E-state index in [-0.39, 0.29) is 0 Å². The molecule has 1 aliphatic rings. The summed E-state index contributed by atoms with van der Waals surface area (Å²) >= 11 is 1.68. The van der Waals surface area contributed by atoms with Gasteiger partial charge in [-0.15, -0.1) is 0 Å². The standard InChI is InChI=1S/C6H11NO4S2/c8-6(9)5-13(10,11)7-1-3-12-4-2-7/h1-5H2,(H,8,9). The normalized spacial score (nSPS) is 20.0. The summed E-state index contributed by atoms with van der Waals surface area (Å²) in [6.45, 7) is 0.862. The highest BCUT2D eigenvalue weighted by molar-refractivity contribution is 7.99. The summed E-state index contributed by atoms with van der Waals surface area (Å²) in [6, 6.07) is 0. The van der Waals surface area contributed by atoms with E-state index in [1.807, 2.05) is 0 Å². The van der Waals surface area contributed by atoms with Crippen molar-refractivity contribution in [3.63, 3.8) is 0 Å². The first-order valence-corrected chi connectivity index (χ1v) is 6.56. The van der Waals surface area contributed by atoms with Gasteiger partial charge in [-0.05, 0) is 0 Å². The van der Waals surface area contributed by atoms with Crippen LogP contribution in [0.1, 0.15) is 0 Å². The summed E-state index contributed by atoms with van der Waals surface area (Å²) < 4.78 is 23.9. The van der Waals surface area contributed by atoms with Gasteiger partial charge >= 0.3 is 5.97 Å². The number of carboxylic acids is 1. The minimum atomic E-state index is -3.56. The van der Waals surface area contributed by atoms with Gasteiger partial charge in [0.15, 0.2) is 5.75 Å². The average molecular weight is 225 g/mol. The number of hydrogen-bond donors (Lipinski definition) is 1. The summed E-state index contributed by atoms with van der Waals surface area (Å²) in [7, 11) is -3.56. The lowest BCUT2D eigenvalue weighted by atomic mass is 10.6. The third-order valence-corrected chi connectivity index (χ3v) is 4.38. The fourth-order valence-corrected chi connectivity index (χ4v) is 3.44. The van der Waals surface area contributed by atoms with Crippen molar-refractivity contribution in [1.82, 2.24) is 4.31 Å². The molecule has 1 rings (SSSR count). The lowest BCUT2D eigenvalue weighted by Gasteiger charge is -2.24. The number of carbonyl (C=O) groups is 1. The Hall–Kier alpha value is -0.270. The molecule has 1 fully saturated rings. The quantitative estimate of drug-likeness (QED) is 0.697. The zero-order valence-corrected chi connectivity index (χ0v) is 8.60. The second-order valence-electron chi connectivity index (χ2n) is 2.66. The van der Waals surface area contributed by atoms with Crippen LogP contribution >= 0.6 is 11.8 Å². The number of thioether (sulfide) groups is 1. The fourth-order valence-electron chi connectivity index (χ4n) is 1.07. The Bertz CT molecular complexity index is 281. The van der Waals surface area contributed by atoms with Crippen molar-refractivity contribution < 1.29 is 18.3 Å². The van der Waals surface area contributed by atoms with Gasteiger partial charge in [0.2, 0.25) is 10.0 Å². The molecule has 7 heteroatoms. The van der Waals surface area contributed by atoms with Crippen molar-refractivity contribution in [2.45, 2.75) is 0 Å². The summed E-state index contributed by atoms with van der Waals surface area (Å²) in [4.78, 5) is 10.2. The monoisotopic (exact) mass is 225 g/mol. The molecule has 0 aromatic carbocycles. The number of sulfonamides is 1. The first kappa shape index (κ1) is 10.8. The maximum atomic E-state index is 11.3. The van der Waals surface area contributed by atoms with Gasteiger partial charge in [0.05, 0.1) is 0 Å². The lowest BCUT2D eigenvalue weighted by Crippen LogP contribution is -2.40. The first-order chi connectivity index (χ1) is 6.02. The third-order valence-electron chi connectivity index (χ3n) is 1.67. The topological polar surface area (TPSA) is 74.7 Å². The third kappa shape index (κ3) is 3.17. The van der Waals surface area contributed by atoms with Crippen molar-refractivity contribution in [3.05, 3.63) is 0 Å². The second kappa shape index (κ2) is 4.30. The van der Waals surface area contributed by atoms with Gasteiger partial charge in [-0.2, -0.15) is 16.1 Å². The number of aliphatic carboxylic acids is 1. The van der Waals surface area contributed by atoms with Gasteiger partial charge in [-0.25, -0.2) is 8.42 Å². The van der Waals surface area contributed by atoms with Crippen LogP contribution < -0.4 is 0 Å². The van der Waals surface area contributed by atoms with Gasteiger partial charge in [0, 0.05) is 24.6 Å². The predicted octanol–water partition coefficient (Wildman–Crippen LogP) is -0.550. The SMILES string of the molecule is O=C(O)CS(=O)(=O)N1CCSCC1. The van der Waals surface area contributed by atoms with Crippen molar-refractivity contribution in [3.8, 4) is 0 Å². The van der Waals surface area contributed by atoms with E-state index in [0.29, 0.717) is 13.1 Å². The van der Waals surface area contributed by atoms with Crippen LogP contribution in [0.2, 0.25) is 0 Å². The average Bonchev–Trinajstić information content (AvgIpc) is 2.04. The molecule has 0 aliphatic carbocycles. The molecular weight excluding hydrogens is 214 g/mol. The van der Waals surface area contributed by atoms with E-state index < -0.39 is 21.7 Å². The molecule has 0 amide bonds. The molecule has 0 unspecified atom stereocenters. The van der Waals surface area contributed by atoms with Crippen LogP contribution in [0.5, 0.6) is 0 Å². The second-order valence-corrected chi connectivity index (χ2v) is 5.86. The molecule has 76 valence electrons. The summed E-state index contributed by atoms with van der Waals surface area (Å²) in [5.41, 5.74) is 0. The highest BCUT2D eigenvalue weighted by Gasteiger charge is 2.26. The van der Waals surface area contributed by atoms with Crippen molar-refractivity contribution in [1.29, 1.82) is 0 Å². The smallest absolute Gasteiger partial charge is 0.320 e. The predicted molar refractivity (Wildman–Crippen MR) is 50.3 cm³/mol. The van der Waals surface area contributed by atoms with E-state index in [0.717, 1.165) is 11.5 Å². The van der Waals surface area contributed by atoms with Gasteiger partial charge < -0.3 is 5.11 Å². The van der Waals surface area contributed by atoms with Crippen molar-refractivity contribution in [2.24, 2.45) is 0 Å². The molecule has 0 spiro atoms. The minimum Gasteiger partial charge on any atom is -0.480 e. The van der Waals surface area contributed by atoms with Gasteiger partial charge in [-0.3, -0.25) is 4.79 Å². The maximum Gasteiger partial charge on any atom is 0.320 e. The Balaban J connectivity index is 2.62. The Kier molecular flexibility index (Phi) is 3.57. The Morgan fingerprint density at radius 2 is 1.92 bits per heavy atom. The number of rotatable bonds is 3. The lowest BCUT2D eigenvalue weighted by molar-refractivity contribution is -0.134. The summed E-state index contributed by atoms with van der Waals surface area (Å²) in [6.07, 6.45) is 0. The van der Waals surface area contributed by atoms with Crippen LogP contribution in [-0.4, -0.2) is 54.1 Å². The number of nitrogens with zero attached hydrogens (tertiary/aromatic N) is 1. The fraction of sp³-hybridized carbons (Fsp3) is 0.833. The van der Waals surface area contributed by atoms with Crippen LogP contribution in [0.4, 0.5) is 0 Å². The molecule has 1 saturated heterocycles. The Labute approximate surface area is 81.2 Å². The maximum absolute atomic E-state index is 11.3. The van der Waals surface area contributed by atoms with Gasteiger partial charge in [0.1, 0.15) is 0 Å². The van der Waals surface area contributed by atoms with Gasteiger partial charge in [-0.1, -0.05) is 0 Å². The van der Waals surface area contributed by atoms with Crippen LogP contribution in [0.3, 0.4) is 0 Å². The van der Waals surface area contributed by atoms with Crippen LogP contribution in [0.15, 0.2) is 0 Å². The molecular formula is C6H11NO4S2. The van der Waals surface area contributed by atoms with E-state index in [9.17, 15) is 13.2 Å². The van der Waals surface area contributed by atoms with Gasteiger partial charge in [0.25, 0.3) is 0 Å². The molecule has 0 aromatic rings. The molecule has 0 radical (unpaired) electrons. The molecule has 0 atom stereocenters. The zero-order valence-electron chi connectivity index (χ0n) is 6.97. The number of hydrogen-bond acceptors (Lipinski definition) is 4. The Morgan fingerprint density at radius 3 is 2.38 bits per heavy atom. The molecule has 0 aromatic heterocycles. The van der Waals surface area contributed by atoms with Crippen LogP contribution in [-0.2, 0) is 14.8 Å². The van der Waals surface area contributed by atoms with E-state index in [1.165, 1.54) is 4.31 Å². The minimum absolute atomic E-state index is 0.431. The van der Waals surface area contributed by atoms with Crippen LogP contribution in [0.25, 0.3) is 0 Å². The molecule has 1 aliphatic heterocycles. The molecule has 0 bridgehead atoms. The molecule has 13 heavy (non-hydrogen) atoms. The zero-order chi connectivity index (χ0) is 9.90. The summed E-state index contributed by atoms with van der Waals surface area (Å²) in [5.74, 6) is -0.590. The van der Waals surface area contributed by atoms with E-state index in [2.05, 4.69) is 0 Å². The molecule has 1 N–H and O–H groups in total. The van der Waals surface area contributed by atoms with Crippen LogP contribution in [0, 0.1) is 0 Å². The largest absolute Gasteiger partial charge is 0.480 e. The molecule has 1 heterocycles. The highest BCUT2D eigenvalue weighted by atomic mass is 32.2. The Morgan fingerprint density at radius 1 is 1.38 bits per heavy atom.